The normalized spacial score (nSPS) is 12.7. The molecule has 1 N–H and O–H groups in total. The maximum Gasteiger partial charge on any atom is 0.293 e. The van der Waals surface area contributed by atoms with Crippen molar-refractivity contribution in [2.75, 3.05) is 0 Å². The molecular weight excluding hydrogens is 482 g/mol. The molecule has 0 aliphatic rings. The number of benzene rings is 3. The smallest absolute Gasteiger partial charge is 0.293 e. The molecule has 4 rings (SSSR count). The molecule has 34 heavy (non-hydrogen) atoms. The molecule has 0 spiro atoms. The van der Waals surface area contributed by atoms with E-state index in [9.17, 15) is 14.9 Å². The topological polar surface area (TPSA) is 85.2 Å². The summed E-state index contributed by atoms with van der Waals surface area (Å²) in [5, 5.41) is 11.5. The van der Waals surface area contributed by atoms with E-state index in [4.69, 9.17) is 27.9 Å². The number of nitro groups is 1. The molecule has 0 bridgehead atoms. The molecule has 2 atom stereocenters. The zero-order valence-electron chi connectivity index (χ0n) is 17.5. The van der Waals surface area contributed by atoms with E-state index in [1.807, 2.05) is 0 Å². The number of halogens is 3. The molecule has 172 valence electrons. The second kappa shape index (κ2) is 10.1. The van der Waals surface area contributed by atoms with Crippen LogP contribution in [-0.2, 0) is 9.53 Å². The van der Waals surface area contributed by atoms with E-state index in [1.54, 1.807) is 54.7 Å². The van der Waals surface area contributed by atoms with Gasteiger partial charge in [-0.25, -0.2) is 4.39 Å². The Bertz CT molecular complexity index is 1360. The van der Waals surface area contributed by atoms with Gasteiger partial charge in [0.05, 0.1) is 15.9 Å². The molecule has 2 unspecified atom stereocenters. The Labute approximate surface area is 204 Å². The number of carbonyl (C=O) groups is 1. The van der Waals surface area contributed by atoms with Crippen LogP contribution in [0.1, 0.15) is 28.7 Å². The largest absolute Gasteiger partial charge is 0.459 e. The van der Waals surface area contributed by atoms with Crippen molar-refractivity contribution in [2.45, 2.75) is 12.0 Å². The highest BCUT2D eigenvalue weighted by atomic mass is 35.5. The van der Waals surface area contributed by atoms with E-state index in [0.29, 0.717) is 27.4 Å². The number of aromatic amines is 1. The maximum absolute atomic E-state index is 15.0. The van der Waals surface area contributed by atoms with Crippen molar-refractivity contribution in [1.82, 2.24) is 4.98 Å². The van der Waals surface area contributed by atoms with E-state index >= 15 is 4.39 Å². The highest BCUT2D eigenvalue weighted by Crippen LogP contribution is 2.42. The SMILES string of the molecule is O=COC(c1cccc(Cl)c1F)C(c1cccc(Cl)c1)c1c[nH]c(-c2cccc([N+](=O)[O-])c2)c1. The van der Waals surface area contributed by atoms with E-state index in [-0.39, 0.29) is 22.7 Å². The summed E-state index contributed by atoms with van der Waals surface area (Å²) < 4.78 is 20.4. The van der Waals surface area contributed by atoms with Gasteiger partial charge < -0.3 is 9.72 Å². The molecule has 6 nitrogen and oxygen atoms in total. The third-order valence-corrected chi connectivity index (χ3v) is 5.96. The van der Waals surface area contributed by atoms with Gasteiger partial charge >= 0.3 is 0 Å². The number of nitrogens with zero attached hydrogens (tertiary/aromatic N) is 1. The Morgan fingerprint density at radius 3 is 2.50 bits per heavy atom. The van der Waals surface area contributed by atoms with Crippen LogP contribution in [0.4, 0.5) is 10.1 Å². The lowest BCUT2D eigenvalue weighted by molar-refractivity contribution is -0.384. The van der Waals surface area contributed by atoms with Crippen LogP contribution in [0.15, 0.2) is 79.0 Å². The van der Waals surface area contributed by atoms with Crippen molar-refractivity contribution < 1.29 is 18.8 Å². The standard InChI is InChI=1S/C25H17Cl2FN2O4/c26-18-6-1-5-16(10-18)23(25(34-14-31)20-8-3-9-21(27)24(20)28)17-12-22(29-13-17)15-4-2-7-19(11-15)30(32)33/h1-14,23,25,29H. The van der Waals surface area contributed by atoms with Crippen LogP contribution in [0.25, 0.3) is 11.3 Å². The number of hydrogen-bond acceptors (Lipinski definition) is 4. The first-order valence-corrected chi connectivity index (χ1v) is 10.9. The minimum absolute atomic E-state index is 0.0526. The van der Waals surface area contributed by atoms with Gasteiger partial charge in [0.15, 0.2) is 0 Å². The van der Waals surface area contributed by atoms with E-state index < -0.39 is 22.8 Å². The van der Waals surface area contributed by atoms with Crippen molar-refractivity contribution in [3.63, 3.8) is 0 Å². The van der Waals surface area contributed by atoms with Crippen molar-refractivity contribution in [3.8, 4) is 11.3 Å². The monoisotopic (exact) mass is 498 g/mol. The molecule has 3 aromatic carbocycles. The Kier molecular flexibility index (Phi) is 6.95. The molecule has 0 saturated carbocycles. The van der Waals surface area contributed by atoms with Gasteiger partial charge in [-0.05, 0) is 35.4 Å². The van der Waals surface area contributed by atoms with Crippen molar-refractivity contribution in [3.05, 3.63) is 122 Å². The fraction of sp³-hybridized carbons (Fsp3) is 0.0800. The first-order chi connectivity index (χ1) is 16.4. The van der Waals surface area contributed by atoms with Crippen LogP contribution < -0.4 is 0 Å². The van der Waals surface area contributed by atoms with Crippen molar-refractivity contribution in [1.29, 1.82) is 0 Å². The molecule has 1 heterocycles. The van der Waals surface area contributed by atoms with Gasteiger partial charge in [0.1, 0.15) is 11.9 Å². The number of nitrogens with one attached hydrogen (secondary N) is 1. The quantitative estimate of drug-likeness (QED) is 0.159. The number of rotatable bonds is 8. The van der Waals surface area contributed by atoms with Crippen LogP contribution in [-0.4, -0.2) is 16.4 Å². The first-order valence-electron chi connectivity index (χ1n) is 10.1. The Morgan fingerprint density at radius 2 is 1.76 bits per heavy atom. The number of ether oxygens (including phenoxy) is 1. The molecule has 0 aliphatic heterocycles. The van der Waals surface area contributed by atoms with E-state index in [2.05, 4.69) is 4.98 Å². The zero-order valence-corrected chi connectivity index (χ0v) is 19.0. The minimum Gasteiger partial charge on any atom is -0.459 e. The molecule has 0 fully saturated rings. The highest BCUT2D eigenvalue weighted by molar-refractivity contribution is 6.31. The van der Waals surface area contributed by atoms with Crippen LogP contribution in [0.3, 0.4) is 0 Å². The third kappa shape index (κ3) is 4.81. The number of nitro benzene ring substituents is 1. The van der Waals surface area contributed by atoms with Crippen LogP contribution in [0.5, 0.6) is 0 Å². The molecule has 0 radical (unpaired) electrons. The summed E-state index contributed by atoms with van der Waals surface area (Å²) in [5.74, 6) is -1.36. The maximum atomic E-state index is 15.0. The average Bonchev–Trinajstić information content (AvgIpc) is 3.31. The predicted octanol–water partition coefficient (Wildman–Crippen LogP) is 7.08. The Balaban J connectivity index is 1.86. The van der Waals surface area contributed by atoms with Gasteiger partial charge in [0.2, 0.25) is 0 Å². The van der Waals surface area contributed by atoms with Crippen LogP contribution in [0.2, 0.25) is 10.0 Å². The molecule has 1 aromatic heterocycles. The second-order valence-electron chi connectivity index (χ2n) is 7.48. The van der Waals surface area contributed by atoms with E-state index in [1.165, 1.54) is 24.3 Å². The van der Waals surface area contributed by atoms with Gasteiger partial charge in [0, 0.05) is 40.2 Å². The average molecular weight is 499 g/mol. The summed E-state index contributed by atoms with van der Waals surface area (Å²) in [6.45, 7) is 0.261. The molecular formula is C25H17Cl2FN2O4. The van der Waals surface area contributed by atoms with Crippen molar-refractivity contribution in [2.24, 2.45) is 0 Å². The summed E-state index contributed by atoms with van der Waals surface area (Å²) in [7, 11) is 0. The summed E-state index contributed by atoms with van der Waals surface area (Å²) in [6, 6.07) is 19.3. The van der Waals surface area contributed by atoms with Gasteiger partial charge in [-0.1, -0.05) is 59.6 Å². The summed E-state index contributed by atoms with van der Waals surface area (Å²) >= 11 is 12.2. The van der Waals surface area contributed by atoms with Gasteiger partial charge in [0.25, 0.3) is 12.2 Å². The van der Waals surface area contributed by atoms with Gasteiger partial charge in [-0.2, -0.15) is 0 Å². The first kappa shape index (κ1) is 23.5. The second-order valence-corrected chi connectivity index (χ2v) is 8.33. The zero-order chi connectivity index (χ0) is 24.2. The lowest BCUT2D eigenvalue weighted by Crippen LogP contribution is -2.17. The van der Waals surface area contributed by atoms with Gasteiger partial charge in [-0.3, -0.25) is 14.9 Å². The predicted molar refractivity (Wildman–Crippen MR) is 127 cm³/mol. The minimum atomic E-state index is -1.07. The third-order valence-electron chi connectivity index (χ3n) is 5.43. The number of carbonyl (C=O) groups excluding carboxylic acids is 1. The van der Waals surface area contributed by atoms with Crippen molar-refractivity contribution >= 4 is 35.4 Å². The molecule has 9 heteroatoms. The van der Waals surface area contributed by atoms with Crippen LogP contribution in [0, 0.1) is 15.9 Å². The summed E-state index contributed by atoms with van der Waals surface area (Å²) in [4.78, 5) is 25.3. The molecule has 0 aliphatic carbocycles. The summed E-state index contributed by atoms with van der Waals surface area (Å²) in [5.41, 5.74) is 2.55. The molecule has 0 saturated heterocycles. The lowest BCUT2D eigenvalue weighted by Gasteiger charge is -2.27. The number of H-pyrrole nitrogens is 1. The molecule has 4 aromatic rings. The Morgan fingerprint density at radius 1 is 1.00 bits per heavy atom. The number of hydrogen-bond donors (Lipinski definition) is 1. The summed E-state index contributed by atoms with van der Waals surface area (Å²) in [6.07, 6.45) is 0.618. The lowest BCUT2D eigenvalue weighted by atomic mass is 9.84. The fourth-order valence-electron chi connectivity index (χ4n) is 3.92. The number of aromatic nitrogens is 1. The molecule has 0 amide bonds. The fourth-order valence-corrected chi connectivity index (χ4v) is 4.30. The van der Waals surface area contributed by atoms with E-state index in [0.717, 1.165) is 0 Å². The van der Waals surface area contributed by atoms with Gasteiger partial charge in [-0.15, -0.1) is 0 Å². The Hall–Kier alpha value is -3.68. The number of non-ortho nitro benzene ring substituents is 1. The van der Waals surface area contributed by atoms with Crippen LogP contribution >= 0.6 is 23.2 Å². The highest BCUT2D eigenvalue weighted by Gasteiger charge is 2.32.